The van der Waals surface area contributed by atoms with E-state index in [1.165, 1.54) is 10.6 Å². The van der Waals surface area contributed by atoms with E-state index < -0.39 is 27.6 Å². The third-order valence-electron chi connectivity index (χ3n) is 5.47. The molecule has 2 aromatic heterocycles. The summed E-state index contributed by atoms with van der Waals surface area (Å²) in [6.07, 6.45) is 2.00. The molecule has 1 aromatic carbocycles. The number of nitrogens with one attached hydrogen (secondary N) is 2. The summed E-state index contributed by atoms with van der Waals surface area (Å²) in [5, 5.41) is 7.12. The zero-order chi connectivity index (χ0) is 24.5. The summed E-state index contributed by atoms with van der Waals surface area (Å²) in [6, 6.07) is 7.06. The smallest absolute Gasteiger partial charge is 0.255 e. The van der Waals surface area contributed by atoms with Crippen LogP contribution in [0.25, 0.3) is 5.52 Å². The number of nitrogens with zero attached hydrogens (tertiary/aromatic N) is 2. The van der Waals surface area contributed by atoms with Gasteiger partial charge in [0.2, 0.25) is 15.9 Å². The molecule has 0 saturated heterocycles. The third-order valence-corrected chi connectivity index (χ3v) is 6.99. The minimum absolute atomic E-state index is 0.0514. The number of carbonyl (C=O) groups is 1. The van der Waals surface area contributed by atoms with Crippen LogP contribution in [-0.4, -0.2) is 42.3 Å². The van der Waals surface area contributed by atoms with Gasteiger partial charge in [0.25, 0.3) is 5.91 Å². The molecule has 4 rings (SSSR count). The zero-order valence-electron chi connectivity index (χ0n) is 18.9. The van der Waals surface area contributed by atoms with Gasteiger partial charge in [0.1, 0.15) is 18.2 Å². The number of benzene rings is 1. The van der Waals surface area contributed by atoms with Crippen molar-refractivity contribution >= 4 is 21.4 Å². The maximum absolute atomic E-state index is 14.0. The van der Waals surface area contributed by atoms with Crippen LogP contribution in [0, 0.1) is 25.5 Å². The van der Waals surface area contributed by atoms with Gasteiger partial charge >= 0.3 is 0 Å². The molecule has 0 spiro atoms. The van der Waals surface area contributed by atoms with Gasteiger partial charge in [-0.25, -0.2) is 21.9 Å². The largest absolute Gasteiger partial charge is 0.473 e. The molecule has 8 nitrogen and oxygen atoms in total. The number of amides is 1. The van der Waals surface area contributed by atoms with Crippen LogP contribution in [0.5, 0.6) is 5.88 Å². The summed E-state index contributed by atoms with van der Waals surface area (Å²) in [5.74, 6) is -1.65. The van der Waals surface area contributed by atoms with Crippen LogP contribution >= 0.6 is 0 Å². The first-order chi connectivity index (χ1) is 16.1. The number of fused-ring (bicyclic) bond motifs is 1. The fourth-order valence-corrected chi connectivity index (χ4v) is 5.01. The van der Waals surface area contributed by atoms with Gasteiger partial charge in [0.05, 0.1) is 28.1 Å². The van der Waals surface area contributed by atoms with Crippen LogP contribution in [0.2, 0.25) is 0 Å². The van der Waals surface area contributed by atoms with Crippen molar-refractivity contribution in [3.63, 3.8) is 0 Å². The fraction of sp³-hybridized carbons (Fsp3) is 0.391. The molecule has 34 heavy (non-hydrogen) atoms. The summed E-state index contributed by atoms with van der Waals surface area (Å²) in [7, 11) is -3.35. The lowest BCUT2D eigenvalue weighted by molar-refractivity contribution is 0.0954. The minimum atomic E-state index is -3.35. The van der Waals surface area contributed by atoms with E-state index >= 15 is 0 Å². The number of rotatable bonds is 10. The van der Waals surface area contributed by atoms with E-state index in [1.807, 2.05) is 0 Å². The molecule has 0 aliphatic heterocycles. The van der Waals surface area contributed by atoms with Gasteiger partial charge in [-0.1, -0.05) is 6.07 Å². The van der Waals surface area contributed by atoms with Gasteiger partial charge in [-0.2, -0.15) is 9.61 Å². The molecule has 182 valence electrons. The Balaban J connectivity index is 1.47. The SMILES string of the molecule is Cc1cc(OCc2c(F)cccc2F)n2nc(C)c(C(=O)NCCCS(=O)(=O)NC3CC3)c2c1. The summed E-state index contributed by atoms with van der Waals surface area (Å²) in [6.45, 7) is 3.31. The summed E-state index contributed by atoms with van der Waals surface area (Å²) >= 11 is 0. The number of ether oxygens (including phenoxy) is 1. The minimum Gasteiger partial charge on any atom is -0.473 e. The number of pyridine rings is 1. The van der Waals surface area contributed by atoms with Crippen LogP contribution in [0.15, 0.2) is 30.3 Å². The highest BCUT2D eigenvalue weighted by molar-refractivity contribution is 7.89. The van der Waals surface area contributed by atoms with Gasteiger partial charge in [-0.05, 0) is 56.9 Å². The van der Waals surface area contributed by atoms with E-state index in [4.69, 9.17) is 4.74 Å². The Hall–Kier alpha value is -3.05. The highest BCUT2D eigenvalue weighted by atomic mass is 32.2. The topological polar surface area (TPSA) is 102 Å². The monoisotopic (exact) mass is 492 g/mol. The number of halogens is 2. The van der Waals surface area contributed by atoms with E-state index in [9.17, 15) is 22.0 Å². The predicted octanol–water partition coefficient (Wildman–Crippen LogP) is 3.01. The number of hydrogen-bond acceptors (Lipinski definition) is 5. The number of hydrogen-bond donors (Lipinski definition) is 2. The molecule has 0 radical (unpaired) electrons. The second kappa shape index (κ2) is 9.67. The molecule has 0 bridgehead atoms. The highest BCUT2D eigenvalue weighted by Gasteiger charge is 2.26. The second-order valence-electron chi connectivity index (χ2n) is 8.44. The Kier molecular flexibility index (Phi) is 6.85. The van der Waals surface area contributed by atoms with Crippen LogP contribution in [0.4, 0.5) is 8.78 Å². The van der Waals surface area contributed by atoms with Gasteiger partial charge in [-0.3, -0.25) is 4.79 Å². The van der Waals surface area contributed by atoms with E-state index in [2.05, 4.69) is 15.1 Å². The summed E-state index contributed by atoms with van der Waals surface area (Å²) < 4.78 is 61.6. The Labute approximate surface area is 196 Å². The molecule has 1 amide bonds. The molecule has 0 unspecified atom stereocenters. The maximum atomic E-state index is 14.0. The van der Waals surface area contributed by atoms with Crippen molar-refractivity contribution in [2.24, 2.45) is 0 Å². The molecule has 1 aliphatic carbocycles. The maximum Gasteiger partial charge on any atom is 0.255 e. The first-order valence-corrected chi connectivity index (χ1v) is 12.6. The van der Waals surface area contributed by atoms with Crippen molar-refractivity contribution < 1.29 is 26.7 Å². The Morgan fingerprint density at radius 1 is 1.21 bits per heavy atom. The fourth-order valence-electron chi connectivity index (χ4n) is 3.63. The van der Waals surface area contributed by atoms with Gasteiger partial charge in [0.15, 0.2) is 0 Å². The van der Waals surface area contributed by atoms with Crippen molar-refractivity contribution in [2.45, 2.75) is 45.8 Å². The van der Waals surface area contributed by atoms with E-state index in [0.29, 0.717) is 16.8 Å². The van der Waals surface area contributed by atoms with Crippen LogP contribution in [0.1, 0.15) is 46.4 Å². The van der Waals surface area contributed by atoms with Crippen molar-refractivity contribution in [3.8, 4) is 5.88 Å². The number of aryl methyl sites for hydroxylation is 2. The average Bonchev–Trinajstić information content (AvgIpc) is 3.49. The van der Waals surface area contributed by atoms with Crippen molar-refractivity contribution in [1.29, 1.82) is 0 Å². The first-order valence-electron chi connectivity index (χ1n) is 11.0. The van der Waals surface area contributed by atoms with Gasteiger partial charge in [0, 0.05) is 18.7 Å². The van der Waals surface area contributed by atoms with Crippen molar-refractivity contribution in [3.05, 3.63) is 64.4 Å². The first kappa shape index (κ1) is 24.1. The van der Waals surface area contributed by atoms with Crippen molar-refractivity contribution in [2.75, 3.05) is 12.3 Å². The number of aromatic nitrogens is 2. The quantitative estimate of drug-likeness (QED) is 0.424. The predicted molar refractivity (Wildman–Crippen MR) is 122 cm³/mol. The standard InChI is InChI=1S/C23H26F2N4O4S/c1-14-11-20-22(23(30)26-9-4-10-34(31,32)28-16-7-8-16)15(2)27-29(20)21(12-14)33-13-17-18(24)5-3-6-19(17)25/h3,5-6,11-12,16,28H,4,7-10,13H2,1-2H3,(H,26,30). The lowest BCUT2D eigenvalue weighted by Gasteiger charge is -2.11. The lowest BCUT2D eigenvalue weighted by Crippen LogP contribution is -2.31. The molecule has 2 heterocycles. The van der Waals surface area contributed by atoms with Gasteiger partial charge < -0.3 is 10.1 Å². The van der Waals surface area contributed by atoms with E-state index in [-0.39, 0.29) is 42.8 Å². The van der Waals surface area contributed by atoms with Crippen LogP contribution in [-0.2, 0) is 16.6 Å². The van der Waals surface area contributed by atoms with Crippen LogP contribution in [0.3, 0.4) is 0 Å². The Morgan fingerprint density at radius 2 is 1.91 bits per heavy atom. The summed E-state index contributed by atoms with van der Waals surface area (Å²) in [5.41, 5.74) is 1.80. The number of sulfonamides is 1. The number of carbonyl (C=O) groups excluding carboxylic acids is 1. The lowest BCUT2D eigenvalue weighted by atomic mass is 10.1. The normalized spacial score (nSPS) is 13.9. The van der Waals surface area contributed by atoms with E-state index in [0.717, 1.165) is 30.5 Å². The third kappa shape index (κ3) is 5.53. The molecule has 11 heteroatoms. The molecule has 1 fully saturated rings. The molecule has 2 N–H and O–H groups in total. The Bertz CT molecular complexity index is 1320. The van der Waals surface area contributed by atoms with Crippen LogP contribution < -0.4 is 14.8 Å². The molecule has 0 atom stereocenters. The molecule has 1 aliphatic rings. The second-order valence-corrected chi connectivity index (χ2v) is 10.3. The average molecular weight is 493 g/mol. The van der Waals surface area contributed by atoms with Crippen molar-refractivity contribution in [1.82, 2.24) is 19.7 Å². The molecule has 1 saturated carbocycles. The van der Waals surface area contributed by atoms with Gasteiger partial charge in [-0.15, -0.1) is 0 Å². The highest BCUT2D eigenvalue weighted by Crippen LogP contribution is 2.25. The summed E-state index contributed by atoms with van der Waals surface area (Å²) in [4.78, 5) is 12.9. The zero-order valence-corrected chi connectivity index (χ0v) is 19.7. The molecular weight excluding hydrogens is 466 g/mol. The Morgan fingerprint density at radius 3 is 2.59 bits per heavy atom. The molecule has 3 aromatic rings. The van der Waals surface area contributed by atoms with E-state index in [1.54, 1.807) is 26.0 Å². The molecular formula is C23H26F2N4O4S.